The smallest absolute Gasteiger partial charge is 0.130 e. The Morgan fingerprint density at radius 3 is 2.38 bits per heavy atom. The van der Waals surface area contributed by atoms with Crippen LogP contribution in [-0.4, -0.2) is 33.1 Å². The molecule has 134 valence electrons. The van der Waals surface area contributed by atoms with Crippen molar-refractivity contribution in [2.24, 2.45) is 34.5 Å². The fourth-order valence-electron chi connectivity index (χ4n) is 7.46. The summed E-state index contributed by atoms with van der Waals surface area (Å²) < 4.78 is 0. The lowest BCUT2D eigenvalue weighted by atomic mass is 9.43. The van der Waals surface area contributed by atoms with Gasteiger partial charge in [0.2, 0.25) is 0 Å². The van der Waals surface area contributed by atoms with Gasteiger partial charge in [0.15, 0.2) is 0 Å². The quantitative estimate of drug-likeness (QED) is 0.598. The summed E-state index contributed by atoms with van der Waals surface area (Å²) in [5, 5.41) is 32.1. The van der Waals surface area contributed by atoms with Crippen LogP contribution in [0.25, 0.3) is 0 Å². The lowest BCUT2D eigenvalue weighted by molar-refractivity contribution is -0.183. The van der Waals surface area contributed by atoms with Crippen molar-refractivity contribution in [3.8, 4) is 12.3 Å². The van der Waals surface area contributed by atoms with E-state index < -0.39 is 5.60 Å². The highest BCUT2D eigenvalue weighted by Crippen LogP contribution is 2.68. The van der Waals surface area contributed by atoms with Crippen LogP contribution in [0.15, 0.2) is 0 Å². The maximum atomic E-state index is 11.0. The van der Waals surface area contributed by atoms with Crippen LogP contribution in [0.2, 0.25) is 0 Å². The lowest BCUT2D eigenvalue weighted by Gasteiger charge is -2.62. The molecule has 0 radical (unpaired) electrons. The van der Waals surface area contributed by atoms with E-state index in [9.17, 15) is 15.3 Å². The number of terminal acetylenes is 1. The summed E-state index contributed by atoms with van der Waals surface area (Å²) in [4.78, 5) is 0. The van der Waals surface area contributed by atoms with Gasteiger partial charge >= 0.3 is 0 Å². The molecule has 0 aromatic carbocycles. The largest absolute Gasteiger partial charge is 0.393 e. The molecule has 4 aliphatic carbocycles. The van der Waals surface area contributed by atoms with Crippen LogP contribution in [0.3, 0.4) is 0 Å². The molecular formula is C21H32O3. The molecule has 24 heavy (non-hydrogen) atoms. The van der Waals surface area contributed by atoms with E-state index in [4.69, 9.17) is 6.42 Å². The van der Waals surface area contributed by atoms with Gasteiger partial charge in [0, 0.05) is 5.41 Å². The second-order valence-corrected chi connectivity index (χ2v) is 9.72. The van der Waals surface area contributed by atoms with Crippen molar-refractivity contribution in [1.82, 2.24) is 0 Å². The molecule has 4 saturated carbocycles. The first-order chi connectivity index (χ1) is 11.2. The van der Waals surface area contributed by atoms with Gasteiger partial charge in [-0.2, -0.15) is 0 Å². The minimum absolute atomic E-state index is 0.196. The average molecular weight is 332 g/mol. The first-order valence-corrected chi connectivity index (χ1v) is 9.81. The van der Waals surface area contributed by atoms with Gasteiger partial charge in [-0.15, -0.1) is 6.42 Å². The highest BCUT2D eigenvalue weighted by atomic mass is 16.3. The SMILES string of the molecule is C#C[C@]1(O)CCC2C3C(CC[C@@]21C)[C@@]1(C)CC[C@H](O)C[C@@H]1C[C@H]3O. The summed E-state index contributed by atoms with van der Waals surface area (Å²) in [6.07, 6.45) is 12.4. The van der Waals surface area contributed by atoms with E-state index in [0.717, 1.165) is 44.9 Å². The molecule has 0 heterocycles. The zero-order valence-electron chi connectivity index (χ0n) is 15.0. The van der Waals surface area contributed by atoms with E-state index >= 15 is 0 Å². The van der Waals surface area contributed by atoms with Crippen LogP contribution in [-0.2, 0) is 0 Å². The summed E-state index contributed by atoms with van der Waals surface area (Å²) in [6.45, 7) is 4.56. The summed E-state index contributed by atoms with van der Waals surface area (Å²) >= 11 is 0. The number of aliphatic hydroxyl groups excluding tert-OH is 2. The van der Waals surface area contributed by atoms with Crippen molar-refractivity contribution in [3.05, 3.63) is 0 Å². The number of aliphatic hydroxyl groups is 3. The lowest BCUT2D eigenvalue weighted by Crippen LogP contribution is -2.60. The zero-order chi connectivity index (χ0) is 17.3. The van der Waals surface area contributed by atoms with Gasteiger partial charge in [-0.3, -0.25) is 0 Å². The molecule has 0 bridgehead atoms. The van der Waals surface area contributed by atoms with Crippen LogP contribution < -0.4 is 0 Å². The topological polar surface area (TPSA) is 60.7 Å². The summed E-state index contributed by atoms with van der Waals surface area (Å²) in [5.41, 5.74) is -1.05. The van der Waals surface area contributed by atoms with E-state index in [1.165, 1.54) is 0 Å². The normalized spacial score (nSPS) is 59.8. The molecule has 4 aliphatic rings. The number of rotatable bonds is 0. The van der Waals surface area contributed by atoms with Gasteiger partial charge in [-0.1, -0.05) is 19.8 Å². The molecule has 3 unspecified atom stereocenters. The average Bonchev–Trinajstić information content (AvgIpc) is 2.82. The van der Waals surface area contributed by atoms with Crippen molar-refractivity contribution in [3.63, 3.8) is 0 Å². The highest BCUT2D eigenvalue weighted by molar-refractivity contribution is 5.24. The molecule has 4 fully saturated rings. The Morgan fingerprint density at radius 1 is 0.958 bits per heavy atom. The third kappa shape index (κ3) is 1.97. The Kier molecular flexibility index (Phi) is 3.67. The maximum absolute atomic E-state index is 11.0. The molecule has 0 amide bonds. The first-order valence-electron chi connectivity index (χ1n) is 9.81. The summed E-state index contributed by atoms with van der Waals surface area (Å²) in [5.74, 6) is 4.19. The van der Waals surface area contributed by atoms with Crippen molar-refractivity contribution in [2.45, 2.75) is 83.0 Å². The van der Waals surface area contributed by atoms with Gasteiger partial charge in [0.1, 0.15) is 5.60 Å². The Morgan fingerprint density at radius 2 is 1.67 bits per heavy atom. The zero-order valence-corrected chi connectivity index (χ0v) is 15.0. The van der Waals surface area contributed by atoms with Gasteiger partial charge < -0.3 is 15.3 Å². The van der Waals surface area contributed by atoms with Crippen molar-refractivity contribution < 1.29 is 15.3 Å². The summed E-state index contributed by atoms with van der Waals surface area (Å²) in [7, 11) is 0. The molecule has 0 aromatic heterocycles. The predicted octanol–water partition coefficient (Wildman–Crippen LogP) is 2.73. The second-order valence-electron chi connectivity index (χ2n) is 9.72. The molecule has 4 rings (SSSR count). The first kappa shape index (κ1) is 16.9. The van der Waals surface area contributed by atoms with Crippen molar-refractivity contribution in [2.75, 3.05) is 0 Å². The molecular weight excluding hydrogens is 300 g/mol. The molecule has 0 spiro atoms. The minimum atomic E-state index is -1.01. The standard InChI is InChI=1S/C21H32O3/c1-4-21(24)10-7-16-18-15(6-9-20(16,21)3)19(2)8-5-14(22)11-13(19)12-17(18)23/h1,13-18,22-24H,5-12H2,2-3H3/t13-,14+,15?,16?,17-,18?,19+,20+,21+/m1/s1. The molecule has 0 aromatic rings. The van der Waals surface area contributed by atoms with Crippen LogP contribution in [0.1, 0.15) is 65.2 Å². The molecule has 3 nitrogen and oxygen atoms in total. The summed E-state index contributed by atoms with van der Waals surface area (Å²) in [6, 6.07) is 0. The van der Waals surface area contributed by atoms with E-state index in [1.54, 1.807) is 0 Å². The number of fused-ring (bicyclic) bond motifs is 5. The molecule has 0 saturated heterocycles. The van der Waals surface area contributed by atoms with Crippen LogP contribution >= 0.6 is 0 Å². The Bertz CT molecular complexity index is 568. The van der Waals surface area contributed by atoms with Gasteiger partial charge in [-0.05, 0) is 80.5 Å². The Labute approximate surface area is 145 Å². The van der Waals surface area contributed by atoms with E-state index in [1.807, 2.05) is 0 Å². The number of hydrogen-bond donors (Lipinski definition) is 3. The van der Waals surface area contributed by atoms with E-state index in [0.29, 0.717) is 24.2 Å². The third-order valence-electron chi connectivity index (χ3n) is 9.05. The maximum Gasteiger partial charge on any atom is 0.130 e. The van der Waals surface area contributed by atoms with E-state index in [-0.39, 0.29) is 29.0 Å². The Hall–Kier alpha value is -0.560. The van der Waals surface area contributed by atoms with Crippen LogP contribution in [0, 0.1) is 46.8 Å². The van der Waals surface area contributed by atoms with Gasteiger partial charge in [-0.25, -0.2) is 0 Å². The third-order valence-corrected chi connectivity index (χ3v) is 9.05. The van der Waals surface area contributed by atoms with Crippen LogP contribution in [0.4, 0.5) is 0 Å². The van der Waals surface area contributed by atoms with Crippen LogP contribution in [0.5, 0.6) is 0 Å². The Balaban J connectivity index is 1.69. The van der Waals surface area contributed by atoms with E-state index in [2.05, 4.69) is 19.8 Å². The second kappa shape index (κ2) is 5.22. The van der Waals surface area contributed by atoms with Gasteiger partial charge in [0.25, 0.3) is 0 Å². The monoisotopic (exact) mass is 332 g/mol. The predicted molar refractivity (Wildman–Crippen MR) is 92.9 cm³/mol. The number of hydrogen-bond acceptors (Lipinski definition) is 3. The van der Waals surface area contributed by atoms with Crippen molar-refractivity contribution in [1.29, 1.82) is 0 Å². The minimum Gasteiger partial charge on any atom is -0.393 e. The molecule has 9 atom stereocenters. The molecule has 3 heteroatoms. The van der Waals surface area contributed by atoms with Crippen molar-refractivity contribution >= 4 is 0 Å². The molecule has 3 N–H and O–H groups in total. The van der Waals surface area contributed by atoms with Gasteiger partial charge in [0.05, 0.1) is 12.2 Å². The fraction of sp³-hybridized carbons (Fsp3) is 0.905. The highest BCUT2D eigenvalue weighted by Gasteiger charge is 2.66. The molecule has 0 aliphatic heterocycles. The fourth-order valence-corrected chi connectivity index (χ4v) is 7.46.